The van der Waals surface area contributed by atoms with Crippen LogP contribution in [0.2, 0.25) is 0 Å². The second kappa shape index (κ2) is 7.71. The van der Waals surface area contributed by atoms with Gasteiger partial charge in [0.1, 0.15) is 5.82 Å². The number of nitrogens with one attached hydrogen (secondary N) is 1. The third kappa shape index (κ3) is 4.23. The average Bonchev–Trinajstić information content (AvgIpc) is 3.39. The molecule has 2 aromatic carbocycles. The molecule has 0 radical (unpaired) electrons. The van der Waals surface area contributed by atoms with Crippen molar-refractivity contribution in [3.05, 3.63) is 76.2 Å². The van der Waals surface area contributed by atoms with Crippen molar-refractivity contribution in [1.82, 2.24) is 10.2 Å². The van der Waals surface area contributed by atoms with Gasteiger partial charge in [0.25, 0.3) is 5.91 Å². The van der Waals surface area contributed by atoms with Crippen molar-refractivity contribution in [2.45, 2.75) is 6.18 Å². The predicted molar refractivity (Wildman–Crippen MR) is 102 cm³/mol. The summed E-state index contributed by atoms with van der Waals surface area (Å²) >= 11 is 1.55. The molecule has 4 rings (SSSR count). The van der Waals surface area contributed by atoms with E-state index in [-0.39, 0.29) is 11.9 Å². The van der Waals surface area contributed by atoms with E-state index < -0.39 is 29.0 Å². The molecule has 1 N–H and O–H groups in total. The highest BCUT2D eigenvalue weighted by Gasteiger charge is 2.32. The van der Waals surface area contributed by atoms with Gasteiger partial charge in [0.05, 0.1) is 5.56 Å². The first kappa shape index (κ1) is 19.8. The van der Waals surface area contributed by atoms with Crippen LogP contribution in [0.5, 0.6) is 0 Å². The Balaban J connectivity index is 1.55. The van der Waals surface area contributed by atoms with Crippen LogP contribution in [0.1, 0.15) is 15.9 Å². The largest absolute Gasteiger partial charge is 0.416 e. The molecular formula is C20H11F4N3O2S. The summed E-state index contributed by atoms with van der Waals surface area (Å²) in [6, 6.07) is 10.4. The van der Waals surface area contributed by atoms with Gasteiger partial charge in [0, 0.05) is 11.1 Å². The maximum atomic E-state index is 13.5. The minimum atomic E-state index is -4.79. The number of thiophene rings is 1. The molecule has 0 aliphatic rings. The Labute approximate surface area is 171 Å². The lowest BCUT2D eigenvalue weighted by molar-refractivity contribution is -0.137. The molecule has 2 heterocycles. The highest BCUT2D eigenvalue weighted by molar-refractivity contribution is 7.08. The zero-order chi connectivity index (χ0) is 21.3. The van der Waals surface area contributed by atoms with Crippen LogP contribution in [0.15, 0.2) is 63.7 Å². The maximum absolute atomic E-state index is 13.5. The number of carbonyl (C=O) groups excluding carboxylic acids is 1. The van der Waals surface area contributed by atoms with Gasteiger partial charge in [0.15, 0.2) is 0 Å². The third-order valence-electron chi connectivity index (χ3n) is 4.10. The Morgan fingerprint density at radius 3 is 2.53 bits per heavy atom. The zero-order valence-corrected chi connectivity index (χ0v) is 15.7. The summed E-state index contributed by atoms with van der Waals surface area (Å²) in [5.74, 6) is -2.09. The van der Waals surface area contributed by atoms with E-state index in [1.54, 1.807) is 23.5 Å². The highest BCUT2D eigenvalue weighted by Crippen LogP contribution is 2.31. The fraction of sp³-hybridized carbons (Fsp3) is 0.0500. The SMILES string of the molecule is O=C(Nc1nnc(-c2cccc(-c3ccsc3)c2)o1)c1cc(F)cc(C(F)(F)F)c1. The monoisotopic (exact) mass is 433 g/mol. The summed E-state index contributed by atoms with van der Waals surface area (Å²) < 4.78 is 57.4. The second-order valence-electron chi connectivity index (χ2n) is 6.19. The molecule has 152 valence electrons. The van der Waals surface area contributed by atoms with Crippen LogP contribution in [-0.4, -0.2) is 16.1 Å². The first-order valence-corrected chi connectivity index (χ1v) is 9.39. The molecule has 0 bridgehead atoms. The molecular weight excluding hydrogens is 422 g/mol. The van der Waals surface area contributed by atoms with Gasteiger partial charge in [-0.1, -0.05) is 17.2 Å². The number of nitrogens with zero attached hydrogens (tertiary/aromatic N) is 2. The minimum Gasteiger partial charge on any atom is -0.403 e. The molecule has 1 amide bonds. The van der Waals surface area contributed by atoms with Crippen LogP contribution in [0.4, 0.5) is 23.6 Å². The van der Waals surface area contributed by atoms with E-state index in [4.69, 9.17) is 4.42 Å². The van der Waals surface area contributed by atoms with Crippen LogP contribution in [-0.2, 0) is 6.18 Å². The normalized spacial score (nSPS) is 11.5. The Morgan fingerprint density at radius 1 is 1.00 bits per heavy atom. The van der Waals surface area contributed by atoms with Crippen LogP contribution < -0.4 is 5.32 Å². The molecule has 4 aromatic rings. The number of benzene rings is 2. The Morgan fingerprint density at radius 2 is 1.80 bits per heavy atom. The maximum Gasteiger partial charge on any atom is 0.416 e. The van der Waals surface area contributed by atoms with Crippen molar-refractivity contribution in [2.24, 2.45) is 0 Å². The van der Waals surface area contributed by atoms with Crippen LogP contribution >= 0.6 is 11.3 Å². The summed E-state index contributed by atoms with van der Waals surface area (Å²) in [4.78, 5) is 12.2. The smallest absolute Gasteiger partial charge is 0.403 e. The van der Waals surface area contributed by atoms with Gasteiger partial charge >= 0.3 is 12.2 Å². The summed E-state index contributed by atoms with van der Waals surface area (Å²) in [6.45, 7) is 0. The third-order valence-corrected chi connectivity index (χ3v) is 4.78. The number of aromatic nitrogens is 2. The summed E-state index contributed by atoms with van der Waals surface area (Å²) in [5.41, 5.74) is 0.737. The molecule has 0 aliphatic heterocycles. The predicted octanol–water partition coefficient (Wildman–Crippen LogP) is 5.88. The zero-order valence-electron chi connectivity index (χ0n) is 14.9. The lowest BCUT2D eigenvalue weighted by Gasteiger charge is -2.08. The van der Waals surface area contributed by atoms with Gasteiger partial charge in [-0.05, 0) is 58.3 Å². The van der Waals surface area contributed by atoms with E-state index in [0.717, 1.165) is 11.1 Å². The number of rotatable bonds is 4. The summed E-state index contributed by atoms with van der Waals surface area (Å²) in [5, 5.41) is 13.6. The molecule has 0 saturated heterocycles. The van der Waals surface area contributed by atoms with Gasteiger partial charge in [-0.3, -0.25) is 10.1 Å². The van der Waals surface area contributed by atoms with Crippen molar-refractivity contribution >= 4 is 23.3 Å². The fourth-order valence-corrected chi connectivity index (χ4v) is 3.37. The minimum absolute atomic E-state index is 0.109. The lowest BCUT2D eigenvalue weighted by Crippen LogP contribution is -2.15. The fourth-order valence-electron chi connectivity index (χ4n) is 2.70. The second-order valence-corrected chi connectivity index (χ2v) is 6.97. The molecule has 0 aliphatic carbocycles. The Bertz CT molecular complexity index is 1200. The van der Waals surface area contributed by atoms with Crippen LogP contribution in [0.3, 0.4) is 0 Å². The molecule has 30 heavy (non-hydrogen) atoms. The van der Waals surface area contributed by atoms with E-state index in [1.807, 2.05) is 29.0 Å². The van der Waals surface area contributed by atoms with Crippen molar-refractivity contribution in [1.29, 1.82) is 0 Å². The van der Waals surface area contributed by atoms with Crippen LogP contribution in [0, 0.1) is 5.82 Å². The molecule has 10 heteroatoms. The number of alkyl halides is 3. The molecule has 2 aromatic heterocycles. The highest BCUT2D eigenvalue weighted by atomic mass is 32.1. The van der Waals surface area contributed by atoms with Crippen molar-refractivity contribution in [3.8, 4) is 22.6 Å². The lowest BCUT2D eigenvalue weighted by atomic mass is 10.1. The molecule has 0 unspecified atom stereocenters. The number of hydrogen-bond acceptors (Lipinski definition) is 5. The van der Waals surface area contributed by atoms with Crippen molar-refractivity contribution < 1.29 is 26.8 Å². The molecule has 0 fully saturated rings. The first-order chi connectivity index (χ1) is 14.3. The number of carbonyl (C=O) groups is 1. The topological polar surface area (TPSA) is 68.0 Å². The number of amides is 1. The molecule has 0 saturated carbocycles. The van der Waals surface area contributed by atoms with Gasteiger partial charge in [0.2, 0.25) is 5.89 Å². The van der Waals surface area contributed by atoms with Gasteiger partial charge in [-0.25, -0.2) is 4.39 Å². The number of anilines is 1. The van der Waals surface area contributed by atoms with E-state index in [2.05, 4.69) is 15.5 Å². The van der Waals surface area contributed by atoms with E-state index in [0.29, 0.717) is 23.8 Å². The summed E-state index contributed by atoms with van der Waals surface area (Å²) in [6.07, 6.45) is -4.79. The van der Waals surface area contributed by atoms with E-state index in [1.165, 1.54) is 0 Å². The van der Waals surface area contributed by atoms with E-state index in [9.17, 15) is 22.4 Å². The molecule has 5 nitrogen and oxygen atoms in total. The van der Waals surface area contributed by atoms with Gasteiger partial charge < -0.3 is 4.42 Å². The first-order valence-electron chi connectivity index (χ1n) is 8.45. The van der Waals surface area contributed by atoms with Crippen LogP contribution in [0.25, 0.3) is 22.6 Å². The Kier molecular flexibility index (Phi) is 5.08. The van der Waals surface area contributed by atoms with Crippen molar-refractivity contribution in [3.63, 3.8) is 0 Å². The Hall–Kier alpha value is -3.53. The van der Waals surface area contributed by atoms with Gasteiger partial charge in [-0.15, -0.1) is 5.10 Å². The van der Waals surface area contributed by atoms with Gasteiger partial charge in [-0.2, -0.15) is 24.5 Å². The number of halogens is 4. The molecule has 0 spiro atoms. The average molecular weight is 433 g/mol. The van der Waals surface area contributed by atoms with Crippen molar-refractivity contribution in [2.75, 3.05) is 5.32 Å². The summed E-state index contributed by atoms with van der Waals surface area (Å²) in [7, 11) is 0. The quantitative estimate of drug-likeness (QED) is 0.409. The standard InChI is InChI=1S/C20H11F4N3O2S/c21-16-8-14(7-15(9-16)20(22,23)24)17(28)25-19-27-26-18(29-19)12-3-1-2-11(6-12)13-4-5-30-10-13/h1-10H,(H,25,27,28). The number of hydrogen-bond donors (Lipinski definition) is 1. The van der Waals surface area contributed by atoms with E-state index >= 15 is 0 Å². The molecule has 0 atom stereocenters.